The average molecular weight is 555 g/mol. The zero-order chi connectivity index (χ0) is 24.7. The molecule has 0 bridgehead atoms. The van der Waals surface area contributed by atoms with Crippen LogP contribution in [0.5, 0.6) is 0 Å². The van der Waals surface area contributed by atoms with Crippen LogP contribution in [0.1, 0.15) is 28.3 Å². The molecule has 0 radical (unpaired) electrons. The number of sulfone groups is 1. The monoisotopic (exact) mass is 553 g/mol. The second-order valence-corrected chi connectivity index (χ2v) is 12.5. The number of anilines is 1. The van der Waals surface area contributed by atoms with Crippen LogP contribution in [0.15, 0.2) is 76.6 Å². The topological polar surface area (TPSA) is 95.9 Å². The summed E-state index contributed by atoms with van der Waals surface area (Å²) in [4.78, 5) is 6.87. The Morgan fingerprint density at radius 1 is 0.943 bits per heavy atom. The Balaban J connectivity index is 0.00000342. The van der Waals surface area contributed by atoms with Crippen molar-refractivity contribution in [2.24, 2.45) is 4.99 Å². The molecule has 11 heteroatoms. The number of rotatable bonds is 5. The number of fused-ring (bicyclic) bond motifs is 1. The van der Waals surface area contributed by atoms with E-state index in [0.717, 1.165) is 29.2 Å². The van der Waals surface area contributed by atoms with Crippen LogP contribution >= 0.6 is 24.0 Å². The number of benzene rings is 3. The van der Waals surface area contributed by atoms with Gasteiger partial charge < -0.3 is 4.90 Å². The van der Waals surface area contributed by atoms with Crippen LogP contribution in [0.2, 0.25) is 5.02 Å². The third-order valence-electron chi connectivity index (χ3n) is 5.50. The maximum Gasteiger partial charge on any atom is 0.229 e. The van der Waals surface area contributed by atoms with Gasteiger partial charge in [0, 0.05) is 24.9 Å². The van der Waals surface area contributed by atoms with Crippen LogP contribution in [0.4, 0.5) is 5.69 Å². The zero-order valence-electron chi connectivity index (χ0n) is 19.3. The molecule has 0 saturated carbocycles. The van der Waals surface area contributed by atoms with Gasteiger partial charge in [-0.15, -0.1) is 12.4 Å². The van der Waals surface area contributed by atoms with Gasteiger partial charge in [0.15, 0.2) is 9.84 Å². The molecule has 3 aromatic rings. The zero-order valence-corrected chi connectivity index (χ0v) is 22.5. The first-order chi connectivity index (χ1) is 15.9. The number of aliphatic imine (C=N–C) groups is 1. The molecule has 0 spiro atoms. The van der Waals surface area contributed by atoms with E-state index < -0.39 is 25.9 Å². The van der Waals surface area contributed by atoms with Crippen molar-refractivity contribution >= 4 is 55.4 Å². The summed E-state index contributed by atoms with van der Waals surface area (Å²) >= 11 is 6.11. The third-order valence-corrected chi connectivity index (χ3v) is 7.48. The highest BCUT2D eigenvalue weighted by atomic mass is 35.5. The SMILES string of the molecule is CN1Cc2ccccc2C(c2ccc(Cl)cc2)N=C1c1c(NS(C)(=O)=O)cccc1S(C)(=O)=O.Cl. The Morgan fingerprint density at radius 2 is 1.60 bits per heavy atom. The maximum absolute atomic E-state index is 12.7. The number of nitrogens with zero attached hydrogens (tertiary/aromatic N) is 2. The highest BCUT2D eigenvalue weighted by molar-refractivity contribution is 7.92. The van der Waals surface area contributed by atoms with Gasteiger partial charge in [0.25, 0.3) is 0 Å². The first-order valence-corrected chi connectivity index (χ1v) is 14.5. The van der Waals surface area contributed by atoms with E-state index in [1.807, 2.05) is 48.3 Å². The molecule has 1 N–H and O–H groups in total. The van der Waals surface area contributed by atoms with E-state index in [1.54, 1.807) is 12.1 Å². The van der Waals surface area contributed by atoms with Crippen LogP contribution in [-0.2, 0) is 26.4 Å². The predicted octanol–water partition coefficient (Wildman–Crippen LogP) is 4.52. The van der Waals surface area contributed by atoms with Crippen LogP contribution in [0, 0.1) is 0 Å². The molecule has 3 aromatic carbocycles. The van der Waals surface area contributed by atoms with Crippen molar-refractivity contribution in [2.45, 2.75) is 17.5 Å². The minimum atomic E-state index is -3.71. The van der Waals surface area contributed by atoms with E-state index in [4.69, 9.17) is 16.6 Å². The summed E-state index contributed by atoms with van der Waals surface area (Å²) in [7, 11) is -5.59. The summed E-state index contributed by atoms with van der Waals surface area (Å²) in [5, 5.41) is 0.592. The molecule has 0 aromatic heterocycles. The molecule has 1 atom stereocenters. The van der Waals surface area contributed by atoms with Crippen molar-refractivity contribution in [3.8, 4) is 0 Å². The first-order valence-electron chi connectivity index (χ1n) is 10.4. The Hall–Kier alpha value is -2.59. The molecule has 0 fully saturated rings. The minimum Gasteiger partial charge on any atom is -0.355 e. The molecule has 1 aliphatic heterocycles. The summed E-state index contributed by atoms with van der Waals surface area (Å²) in [6, 6.07) is 19.3. The number of sulfonamides is 1. The van der Waals surface area contributed by atoms with Crippen LogP contribution in [0.25, 0.3) is 0 Å². The Morgan fingerprint density at radius 3 is 2.23 bits per heavy atom. The Labute approximate surface area is 217 Å². The summed E-state index contributed by atoms with van der Waals surface area (Å²) in [6.45, 7) is 0.454. The predicted molar refractivity (Wildman–Crippen MR) is 143 cm³/mol. The highest BCUT2D eigenvalue weighted by Crippen LogP contribution is 2.36. The Kier molecular flexibility index (Phi) is 7.86. The van der Waals surface area contributed by atoms with Gasteiger partial charge in [-0.1, -0.05) is 54.1 Å². The standard InChI is InChI=1S/C24H24ClN3O4S2.ClH/c1-28-15-17-7-4-5-8-19(17)23(16-11-13-18(25)14-12-16)26-24(28)22-20(27-34(3,31)32)9-6-10-21(22)33(2,29)30;/h4-14,23,27H,15H2,1-3H3;1H. The van der Waals surface area contributed by atoms with E-state index in [1.165, 1.54) is 18.2 Å². The maximum atomic E-state index is 12.7. The molecule has 1 aliphatic rings. The Bertz CT molecular complexity index is 1490. The lowest BCUT2D eigenvalue weighted by molar-refractivity contribution is 0.503. The van der Waals surface area contributed by atoms with Crippen molar-refractivity contribution in [1.29, 1.82) is 0 Å². The lowest BCUT2D eigenvalue weighted by Gasteiger charge is -2.24. The molecule has 7 nitrogen and oxygen atoms in total. The average Bonchev–Trinajstić information content (AvgIpc) is 2.88. The largest absolute Gasteiger partial charge is 0.355 e. The van der Waals surface area contributed by atoms with Gasteiger partial charge in [-0.2, -0.15) is 0 Å². The van der Waals surface area contributed by atoms with E-state index in [0.29, 0.717) is 17.4 Å². The first kappa shape index (κ1) is 27.0. The van der Waals surface area contributed by atoms with Crippen LogP contribution in [-0.4, -0.2) is 47.1 Å². The fourth-order valence-electron chi connectivity index (χ4n) is 4.08. The third kappa shape index (κ3) is 5.98. The van der Waals surface area contributed by atoms with Crippen molar-refractivity contribution in [1.82, 2.24) is 4.90 Å². The normalized spacial score (nSPS) is 15.9. The van der Waals surface area contributed by atoms with Crippen molar-refractivity contribution < 1.29 is 16.8 Å². The number of hydrogen-bond donors (Lipinski definition) is 1. The number of amidine groups is 1. The molecule has 1 heterocycles. The highest BCUT2D eigenvalue weighted by Gasteiger charge is 2.29. The molecular formula is C24H25Cl2N3O4S2. The lowest BCUT2D eigenvalue weighted by Crippen LogP contribution is -2.29. The van der Waals surface area contributed by atoms with Crippen molar-refractivity contribution in [2.75, 3.05) is 24.3 Å². The molecule has 0 amide bonds. The van der Waals surface area contributed by atoms with Gasteiger partial charge in [-0.3, -0.25) is 9.71 Å². The second kappa shape index (κ2) is 10.2. The summed E-state index contributed by atoms with van der Waals surface area (Å²) in [6.07, 6.45) is 2.12. The molecule has 4 rings (SSSR count). The molecule has 1 unspecified atom stereocenters. The van der Waals surface area contributed by atoms with Gasteiger partial charge in [-0.05, 0) is 41.0 Å². The van der Waals surface area contributed by atoms with Crippen molar-refractivity contribution in [3.05, 3.63) is 94.0 Å². The van der Waals surface area contributed by atoms with E-state index >= 15 is 0 Å². The van der Waals surface area contributed by atoms with Crippen LogP contribution < -0.4 is 4.72 Å². The minimum absolute atomic E-state index is 0. The molecule has 186 valence electrons. The molecule has 35 heavy (non-hydrogen) atoms. The smallest absolute Gasteiger partial charge is 0.229 e. The molecular weight excluding hydrogens is 529 g/mol. The number of hydrogen-bond acceptors (Lipinski definition) is 6. The van der Waals surface area contributed by atoms with E-state index in [2.05, 4.69) is 4.72 Å². The lowest BCUT2D eigenvalue weighted by atomic mass is 9.95. The number of halogens is 2. The van der Waals surface area contributed by atoms with Gasteiger partial charge in [0.1, 0.15) is 11.9 Å². The van der Waals surface area contributed by atoms with E-state index in [9.17, 15) is 16.8 Å². The fraction of sp³-hybridized carbons (Fsp3) is 0.208. The summed E-state index contributed by atoms with van der Waals surface area (Å²) in [5.41, 5.74) is 3.24. The van der Waals surface area contributed by atoms with Gasteiger partial charge in [0.2, 0.25) is 10.0 Å². The van der Waals surface area contributed by atoms with Crippen LogP contribution in [0.3, 0.4) is 0 Å². The summed E-state index contributed by atoms with van der Waals surface area (Å²) < 4.78 is 52.2. The van der Waals surface area contributed by atoms with Crippen molar-refractivity contribution in [3.63, 3.8) is 0 Å². The van der Waals surface area contributed by atoms with Gasteiger partial charge in [0.05, 0.1) is 22.4 Å². The second-order valence-electron chi connectivity index (χ2n) is 8.29. The van der Waals surface area contributed by atoms with Gasteiger partial charge in [-0.25, -0.2) is 16.8 Å². The number of nitrogens with one attached hydrogen (secondary N) is 1. The fourth-order valence-corrected chi connectivity index (χ4v) is 5.67. The quantitative estimate of drug-likeness (QED) is 0.501. The summed E-state index contributed by atoms with van der Waals surface area (Å²) in [5.74, 6) is 0.364. The molecule has 0 saturated heterocycles. The van der Waals surface area contributed by atoms with E-state index in [-0.39, 0.29) is 28.6 Å². The van der Waals surface area contributed by atoms with Gasteiger partial charge >= 0.3 is 0 Å². The molecule has 0 aliphatic carbocycles.